The van der Waals surface area contributed by atoms with Gasteiger partial charge in [0.25, 0.3) is 0 Å². The predicted octanol–water partition coefficient (Wildman–Crippen LogP) is 1.91. The molecule has 1 saturated heterocycles. The zero-order chi connectivity index (χ0) is 12.8. The van der Waals surface area contributed by atoms with Crippen molar-refractivity contribution >= 4 is 11.6 Å². The minimum absolute atomic E-state index is 0.342. The second-order valence-electron chi connectivity index (χ2n) is 4.47. The summed E-state index contributed by atoms with van der Waals surface area (Å²) in [7, 11) is 0. The first-order chi connectivity index (χ1) is 8.83. The maximum atomic E-state index is 5.68. The van der Waals surface area contributed by atoms with E-state index in [2.05, 4.69) is 34.0 Å². The minimum Gasteiger partial charge on any atom is -0.376 e. The summed E-state index contributed by atoms with van der Waals surface area (Å²) in [6.45, 7) is 7.76. The number of hydrogen-bond donors (Lipinski definition) is 1. The van der Waals surface area contributed by atoms with Crippen molar-refractivity contribution in [3.8, 4) is 0 Å². The maximum Gasteiger partial charge on any atom is 0.149 e. The van der Waals surface area contributed by atoms with Crippen LogP contribution in [0.2, 0.25) is 0 Å². The van der Waals surface area contributed by atoms with Crippen LogP contribution in [0.1, 0.15) is 26.7 Å². The fourth-order valence-electron chi connectivity index (χ4n) is 2.19. The van der Waals surface area contributed by atoms with E-state index in [-0.39, 0.29) is 0 Å². The predicted molar refractivity (Wildman–Crippen MR) is 73.1 cm³/mol. The van der Waals surface area contributed by atoms with Gasteiger partial charge in [0.1, 0.15) is 11.6 Å². The molecule has 1 N–H and O–H groups in total. The van der Waals surface area contributed by atoms with Crippen LogP contribution in [-0.2, 0) is 4.74 Å². The fourth-order valence-corrected chi connectivity index (χ4v) is 2.19. The highest BCUT2D eigenvalue weighted by Crippen LogP contribution is 2.18. The molecule has 1 aliphatic heterocycles. The standard InChI is InChI=1S/C13H22N4O/c1-3-15-12-8-14-9-13(16-12)17(4-2)10-11-6-5-7-18-11/h8-9,11H,3-7,10H2,1-2H3,(H,15,16). The van der Waals surface area contributed by atoms with E-state index < -0.39 is 0 Å². The number of aromatic nitrogens is 2. The Kier molecular flexibility index (Phi) is 4.75. The second-order valence-corrected chi connectivity index (χ2v) is 4.47. The van der Waals surface area contributed by atoms with Crippen LogP contribution >= 0.6 is 0 Å². The maximum absolute atomic E-state index is 5.68. The van der Waals surface area contributed by atoms with E-state index in [1.807, 2.05) is 6.20 Å². The average molecular weight is 250 g/mol. The molecule has 0 amide bonds. The Balaban J connectivity index is 2.03. The number of rotatable bonds is 6. The number of likely N-dealkylation sites (N-methyl/N-ethyl adjacent to an activating group) is 1. The van der Waals surface area contributed by atoms with Crippen LogP contribution in [0.15, 0.2) is 12.4 Å². The highest BCUT2D eigenvalue weighted by Gasteiger charge is 2.19. The molecule has 0 aliphatic carbocycles. The molecule has 1 atom stereocenters. The Hall–Kier alpha value is -1.36. The SMILES string of the molecule is CCNc1cncc(N(CC)CC2CCCO2)n1. The van der Waals surface area contributed by atoms with Gasteiger partial charge in [0.2, 0.25) is 0 Å². The Morgan fingerprint density at radius 2 is 2.33 bits per heavy atom. The van der Waals surface area contributed by atoms with E-state index in [0.717, 1.165) is 44.3 Å². The number of hydrogen-bond acceptors (Lipinski definition) is 5. The smallest absolute Gasteiger partial charge is 0.149 e. The van der Waals surface area contributed by atoms with Gasteiger partial charge < -0.3 is 15.0 Å². The van der Waals surface area contributed by atoms with Crippen LogP contribution in [-0.4, -0.2) is 42.3 Å². The van der Waals surface area contributed by atoms with E-state index in [1.54, 1.807) is 6.20 Å². The molecule has 0 saturated carbocycles. The lowest BCUT2D eigenvalue weighted by atomic mass is 10.2. The van der Waals surface area contributed by atoms with Gasteiger partial charge in [-0.15, -0.1) is 0 Å². The van der Waals surface area contributed by atoms with Crippen LogP contribution in [0, 0.1) is 0 Å². The molecular formula is C13H22N4O. The molecule has 0 aromatic carbocycles. The van der Waals surface area contributed by atoms with Gasteiger partial charge in [0.15, 0.2) is 0 Å². The highest BCUT2D eigenvalue weighted by atomic mass is 16.5. The normalized spacial score (nSPS) is 18.9. The van der Waals surface area contributed by atoms with Crippen LogP contribution in [0.5, 0.6) is 0 Å². The minimum atomic E-state index is 0.342. The lowest BCUT2D eigenvalue weighted by Crippen LogP contribution is -2.32. The van der Waals surface area contributed by atoms with Crippen molar-refractivity contribution in [1.29, 1.82) is 0 Å². The molecule has 0 radical (unpaired) electrons. The zero-order valence-corrected chi connectivity index (χ0v) is 11.2. The van der Waals surface area contributed by atoms with E-state index >= 15 is 0 Å². The van der Waals surface area contributed by atoms with E-state index in [4.69, 9.17) is 4.74 Å². The summed E-state index contributed by atoms with van der Waals surface area (Å²) < 4.78 is 5.68. The molecule has 18 heavy (non-hydrogen) atoms. The van der Waals surface area contributed by atoms with Crippen LogP contribution < -0.4 is 10.2 Å². The monoisotopic (exact) mass is 250 g/mol. The van der Waals surface area contributed by atoms with Gasteiger partial charge in [0.05, 0.1) is 18.5 Å². The van der Waals surface area contributed by atoms with Crippen molar-refractivity contribution in [2.75, 3.05) is 36.5 Å². The largest absolute Gasteiger partial charge is 0.376 e. The number of anilines is 2. The molecule has 100 valence electrons. The molecule has 1 aromatic heterocycles. The quantitative estimate of drug-likeness (QED) is 0.836. The Morgan fingerprint density at radius 3 is 3.00 bits per heavy atom. The molecule has 1 unspecified atom stereocenters. The molecule has 0 spiro atoms. The average Bonchev–Trinajstić information content (AvgIpc) is 2.89. The second kappa shape index (κ2) is 6.54. The fraction of sp³-hybridized carbons (Fsp3) is 0.692. The summed E-state index contributed by atoms with van der Waals surface area (Å²) >= 11 is 0. The third-order valence-corrected chi connectivity index (χ3v) is 3.13. The summed E-state index contributed by atoms with van der Waals surface area (Å²) in [6.07, 6.45) is 6.24. The molecule has 1 aliphatic rings. The lowest BCUT2D eigenvalue weighted by Gasteiger charge is -2.24. The van der Waals surface area contributed by atoms with Crippen LogP contribution in [0.4, 0.5) is 11.6 Å². The van der Waals surface area contributed by atoms with Crippen molar-refractivity contribution in [3.05, 3.63) is 12.4 Å². The van der Waals surface area contributed by atoms with Crippen molar-refractivity contribution in [2.24, 2.45) is 0 Å². The molecular weight excluding hydrogens is 228 g/mol. The molecule has 2 rings (SSSR count). The lowest BCUT2D eigenvalue weighted by molar-refractivity contribution is 0.115. The molecule has 1 fully saturated rings. The first-order valence-corrected chi connectivity index (χ1v) is 6.76. The highest BCUT2D eigenvalue weighted by molar-refractivity contribution is 5.43. The summed E-state index contributed by atoms with van der Waals surface area (Å²) in [5.41, 5.74) is 0. The zero-order valence-electron chi connectivity index (χ0n) is 11.2. The van der Waals surface area contributed by atoms with Crippen molar-refractivity contribution in [1.82, 2.24) is 9.97 Å². The van der Waals surface area contributed by atoms with Gasteiger partial charge in [-0.05, 0) is 26.7 Å². The summed E-state index contributed by atoms with van der Waals surface area (Å²) in [5.74, 6) is 1.76. The number of ether oxygens (including phenoxy) is 1. The third kappa shape index (κ3) is 3.32. The van der Waals surface area contributed by atoms with E-state index in [0.29, 0.717) is 6.10 Å². The molecule has 0 bridgehead atoms. The van der Waals surface area contributed by atoms with Crippen molar-refractivity contribution in [3.63, 3.8) is 0 Å². The Morgan fingerprint density at radius 1 is 1.44 bits per heavy atom. The molecule has 5 nitrogen and oxygen atoms in total. The van der Waals surface area contributed by atoms with E-state index in [1.165, 1.54) is 6.42 Å². The summed E-state index contributed by atoms with van der Waals surface area (Å²) in [6, 6.07) is 0. The molecule has 1 aromatic rings. The summed E-state index contributed by atoms with van der Waals surface area (Å²) in [5, 5.41) is 3.19. The van der Waals surface area contributed by atoms with E-state index in [9.17, 15) is 0 Å². The van der Waals surface area contributed by atoms with Gasteiger partial charge in [-0.2, -0.15) is 0 Å². The van der Waals surface area contributed by atoms with Crippen molar-refractivity contribution in [2.45, 2.75) is 32.8 Å². The number of nitrogens with one attached hydrogen (secondary N) is 1. The van der Waals surface area contributed by atoms with Crippen LogP contribution in [0.3, 0.4) is 0 Å². The molecule has 5 heteroatoms. The van der Waals surface area contributed by atoms with Gasteiger partial charge in [-0.1, -0.05) is 0 Å². The first-order valence-electron chi connectivity index (χ1n) is 6.76. The molecule has 2 heterocycles. The topological polar surface area (TPSA) is 50.3 Å². The first kappa shape index (κ1) is 13.1. The van der Waals surface area contributed by atoms with Crippen LogP contribution in [0.25, 0.3) is 0 Å². The third-order valence-electron chi connectivity index (χ3n) is 3.13. The van der Waals surface area contributed by atoms with Gasteiger partial charge in [0, 0.05) is 26.2 Å². The Bertz CT molecular complexity index is 366. The van der Waals surface area contributed by atoms with Gasteiger partial charge in [-0.25, -0.2) is 4.98 Å². The Labute approximate surface area is 109 Å². The van der Waals surface area contributed by atoms with Gasteiger partial charge in [-0.3, -0.25) is 4.98 Å². The van der Waals surface area contributed by atoms with Gasteiger partial charge >= 0.3 is 0 Å². The summed E-state index contributed by atoms with van der Waals surface area (Å²) in [4.78, 5) is 11.0. The number of nitrogens with zero attached hydrogens (tertiary/aromatic N) is 3. The van der Waals surface area contributed by atoms with Crippen molar-refractivity contribution < 1.29 is 4.74 Å².